The molecule has 0 aliphatic rings. The van der Waals surface area contributed by atoms with E-state index >= 15 is 0 Å². The van der Waals surface area contributed by atoms with Crippen molar-refractivity contribution in [2.75, 3.05) is 6.61 Å². The monoisotopic (exact) mass is 276 g/mol. The number of phosphoric acid groups is 2. The summed E-state index contributed by atoms with van der Waals surface area (Å²) in [5, 5.41) is 0. The summed E-state index contributed by atoms with van der Waals surface area (Å²) in [7, 11) is -9.13. The first-order valence-corrected chi connectivity index (χ1v) is 7.73. The summed E-state index contributed by atoms with van der Waals surface area (Å²) in [4.78, 5) is 18.2. The molecule has 0 aromatic carbocycles. The molecule has 0 rings (SSSR count). The van der Waals surface area contributed by atoms with Crippen LogP contribution in [0.15, 0.2) is 0 Å². The Labute approximate surface area is 95.0 Å². The number of rotatable bonds is 7. The zero-order valence-electron chi connectivity index (χ0n) is 9.69. The molecule has 16 heavy (non-hydrogen) atoms. The van der Waals surface area contributed by atoms with E-state index < -0.39 is 21.7 Å². The normalized spacial score (nSPS) is 19.8. The maximum absolute atomic E-state index is 11.2. The molecular formula is C7H18O7P2. The first-order chi connectivity index (χ1) is 7.04. The molecule has 0 saturated heterocycles. The highest BCUT2D eigenvalue weighted by Gasteiger charge is 2.35. The van der Waals surface area contributed by atoms with E-state index in [9.17, 15) is 9.13 Å². The molecule has 0 aromatic rings. The Morgan fingerprint density at radius 3 is 1.94 bits per heavy atom. The standard InChI is InChI=1S/C7H18O7P2/c1-6(2)5-12-15(8,9)14-16(10,11)13-7(3)4/h6-7H,5H2,1-4H3,(H,8,9)(H,10,11). The van der Waals surface area contributed by atoms with Crippen molar-refractivity contribution in [1.82, 2.24) is 0 Å². The predicted molar refractivity (Wildman–Crippen MR) is 57.7 cm³/mol. The second-order valence-corrected chi connectivity index (χ2v) is 6.86. The molecule has 0 amide bonds. The Morgan fingerprint density at radius 1 is 1.06 bits per heavy atom. The second kappa shape index (κ2) is 6.26. The third kappa shape index (κ3) is 8.42. The highest BCUT2D eigenvalue weighted by atomic mass is 31.3. The van der Waals surface area contributed by atoms with Gasteiger partial charge in [-0.25, -0.2) is 9.13 Å². The lowest BCUT2D eigenvalue weighted by atomic mass is 10.2. The average Bonchev–Trinajstić information content (AvgIpc) is 1.95. The highest BCUT2D eigenvalue weighted by Crippen LogP contribution is 2.60. The lowest BCUT2D eigenvalue weighted by molar-refractivity contribution is 0.127. The molecule has 0 aliphatic heterocycles. The van der Waals surface area contributed by atoms with Crippen molar-refractivity contribution >= 4 is 15.6 Å². The fourth-order valence-electron chi connectivity index (χ4n) is 0.683. The van der Waals surface area contributed by atoms with Crippen LogP contribution in [0.1, 0.15) is 27.7 Å². The fourth-order valence-corrected chi connectivity index (χ4v) is 3.09. The average molecular weight is 276 g/mol. The second-order valence-electron chi connectivity index (χ2n) is 3.86. The van der Waals surface area contributed by atoms with E-state index in [0.29, 0.717) is 0 Å². The summed E-state index contributed by atoms with van der Waals surface area (Å²) in [6.45, 7) is 6.43. The van der Waals surface area contributed by atoms with Gasteiger partial charge in [0.2, 0.25) is 0 Å². The van der Waals surface area contributed by atoms with Crippen LogP contribution in [0, 0.1) is 5.92 Å². The van der Waals surface area contributed by atoms with Crippen molar-refractivity contribution in [1.29, 1.82) is 0 Å². The molecule has 2 unspecified atom stereocenters. The Balaban J connectivity index is 4.34. The Kier molecular flexibility index (Phi) is 6.36. The van der Waals surface area contributed by atoms with Gasteiger partial charge in [-0.05, 0) is 19.8 Å². The zero-order valence-corrected chi connectivity index (χ0v) is 11.5. The van der Waals surface area contributed by atoms with Crippen LogP contribution in [0.4, 0.5) is 0 Å². The van der Waals surface area contributed by atoms with Crippen molar-refractivity contribution in [2.45, 2.75) is 33.8 Å². The van der Waals surface area contributed by atoms with Gasteiger partial charge in [0, 0.05) is 0 Å². The van der Waals surface area contributed by atoms with Crippen LogP contribution >= 0.6 is 15.6 Å². The molecule has 0 fully saturated rings. The lowest BCUT2D eigenvalue weighted by Gasteiger charge is -2.18. The minimum atomic E-state index is -4.57. The van der Waals surface area contributed by atoms with Crippen molar-refractivity contribution in [3.63, 3.8) is 0 Å². The van der Waals surface area contributed by atoms with Gasteiger partial charge in [0.15, 0.2) is 0 Å². The van der Waals surface area contributed by atoms with Gasteiger partial charge in [0.1, 0.15) is 0 Å². The molecule has 0 aromatic heterocycles. The molecule has 7 nitrogen and oxygen atoms in total. The summed E-state index contributed by atoms with van der Waals surface area (Å²) in [6.07, 6.45) is -0.610. The topological polar surface area (TPSA) is 102 Å². The molecule has 0 radical (unpaired) electrons. The summed E-state index contributed by atoms with van der Waals surface area (Å²) >= 11 is 0. The Bertz CT molecular complexity index is 301. The molecule has 98 valence electrons. The molecule has 2 N–H and O–H groups in total. The molecule has 0 saturated carbocycles. The maximum Gasteiger partial charge on any atom is 0.481 e. The van der Waals surface area contributed by atoms with Gasteiger partial charge < -0.3 is 9.79 Å². The van der Waals surface area contributed by atoms with Gasteiger partial charge in [0.25, 0.3) is 0 Å². The largest absolute Gasteiger partial charge is 0.481 e. The minimum Gasteiger partial charge on any atom is -0.302 e. The lowest BCUT2D eigenvalue weighted by Crippen LogP contribution is -2.05. The summed E-state index contributed by atoms with van der Waals surface area (Å²) in [6, 6.07) is 0. The third-order valence-electron chi connectivity index (χ3n) is 1.12. The maximum atomic E-state index is 11.2. The van der Waals surface area contributed by atoms with Crippen LogP contribution in [0.2, 0.25) is 0 Å². The van der Waals surface area contributed by atoms with Crippen molar-refractivity contribution in [2.24, 2.45) is 5.92 Å². The zero-order chi connectivity index (χ0) is 13.0. The van der Waals surface area contributed by atoms with Gasteiger partial charge in [-0.1, -0.05) is 13.8 Å². The van der Waals surface area contributed by atoms with E-state index in [2.05, 4.69) is 13.4 Å². The Hall–Kier alpha value is 0.260. The van der Waals surface area contributed by atoms with Gasteiger partial charge in [-0.3, -0.25) is 9.05 Å². The van der Waals surface area contributed by atoms with Crippen LogP contribution in [-0.4, -0.2) is 22.5 Å². The Morgan fingerprint density at radius 2 is 1.56 bits per heavy atom. The molecular weight excluding hydrogens is 258 g/mol. The van der Waals surface area contributed by atoms with Crippen LogP contribution in [0.5, 0.6) is 0 Å². The highest BCUT2D eigenvalue weighted by molar-refractivity contribution is 7.61. The van der Waals surface area contributed by atoms with Crippen LogP contribution in [-0.2, 0) is 22.5 Å². The summed E-state index contributed by atoms with van der Waals surface area (Å²) in [5.41, 5.74) is 0. The predicted octanol–water partition coefficient (Wildman–Crippen LogP) is 2.30. The SMILES string of the molecule is CC(C)COP(=O)(O)OP(=O)(O)OC(C)C. The fraction of sp³-hybridized carbons (Fsp3) is 1.00. The molecule has 0 spiro atoms. The molecule has 0 aliphatic carbocycles. The number of hydrogen-bond acceptors (Lipinski definition) is 5. The number of phosphoric ester groups is 2. The van der Waals surface area contributed by atoms with Crippen molar-refractivity contribution < 1.29 is 32.3 Å². The van der Waals surface area contributed by atoms with Gasteiger partial charge in [-0.15, -0.1) is 0 Å². The van der Waals surface area contributed by atoms with E-state index in [4.69, 9.17) is 9.79 Å². The van der Waals surface area contributed by atoms with E-state index in [-0.39, 0.29) is 12.5 Å². The molecule has 0 heterocycles. The van der Waals surface area contributed by atoms with E-state index in [0.717, 1.165) is 0 Å². The van der Waals surface area contributed by atoms with Crippen molar-refractivity contribution in [3.8, 4) is 0 Å². The van der Waals surface area contributed by atoms with Crippen LogP contribution < -0.4 is 0 Å². The first kappa shape index (κ1) is 16.3. The van der Waals surface area contributed by atoms with Gasteiger partial charge >= 0.3 is 15.6 Å². The molecule has 9 heteroatoms. The molecule has 2 atom stereocenters. The summed E-state index contributed by atoms with van der Waals surface area (Å²) < 4.78 is 35.4. The van der Waals surface area contributed by atoms with E-state index in [1.807, 2.05) is 0 Å². The van der Waals surface area contributed by atoms with E-state index in [1.54, 1.807) is 13.8 Å². The quantitative estimate of drug-likeness (QED) is 0.687. The third-order valence-corrected chi connectivity index (χ3v) is 3.94. The summed E-state index contributed by atoms with van der Waals surface area (Å²) in [5.74, 6) is -0.00632. The minimum absolute atomic E-state index is 0.00632. The first-order valence-electron chi connectivity index (χ1n) is 4.74. The number of hydrogen-bond donors (Lipinski definition) is 2. The van der Waals surface area contributed by atoms with Crippen LogP contribution in [0.3, 0.4) is 0 Å². The van der Waals surface area contributed by atoms with Crippen LogP contribution in [0.25, 0.3) is 0 Å². The van der Waals surface area contributed by atoms with Gasteiger partial charge in [0.05, 0.1) is 12.7 Å². The van der Waals surface area contributed by atoms with E-state index in [1.165, 1.54) is 13.8 Å². The van der Waals surface area contributed by atoms with Gasteiger partial charge in [-0.2, -0.15) is 4.31 Å². The smallest absolute Gasteiger partial charge is 0.302 e. The molecule has 0 bridgehead atoms. The van der Waals surface area contributed by atoms with Crippen molar-refractivity contribution in [3.05, 3.63) is 0 Å².